The van der Waals surface area contributed by atoms with E-state index in [9.17, 15) is 9.59 Å². The van der Waals surface area contributed by atoms with Crippen molar-refractivity contribution in [1.29, 1.82) is 0 Å². The van der Waals surface area contributed by atoms with Gasteiger partial charge in [-0.25, -0.2) is 0 Å². The summed E-state index contributed by atoms with van der Waals surface area (Å²) in [6, 6.07) is 0. The lowest BCUT2D eigenvalue weighted by Gasteiger charge is -2.26. The maximum atomic E-state index is 10.8. The van der Waals surface area contributed by atoms with E-state index in [0.717, 1.165) is 0 Å². The summed E-state index contributed by atoms with van der Waals surface area (Å²) in [5.74, 6) is -0.550. The van der Waals surface area contributed by atoms with Gasteiger partial charge in [0.2, 0.25) is 6.35 Å². The second-order valence-electron chi connectivity index (χ2n) is 2.21. The van der Waals surface area contributed by atoms with Gasteiger partial charge >= 0.3 is 0 Å². The highest BCUT2D eigenvalue weighted by molar-refractivity contribution is 6.10. The van der Waals surface area contributed by atoms with Gasteiger partial charge in [0.1, 0.15) is 0 Å². The van der Waals surface area contributed by atoms with Crippen LogP contribution in [0, 0.1) is 0 Å². The van der Waals surface area contributed by atoms with Crippen LogP contribution in [-0.4, -0.2) is 35.6 Å². The lowest BCUT2D eigenvalue weighted by atomic mass is 10.2. The number of nitrogens with zero attached hydrogens (tertiary/aromatic N) is 1. The van der Waals surface area contributed by atoms with Crippen LogP contribution in [0.15, 0.2) is 11.8 Å². The van der Waals surface area contributed by atoms with E-state index in [-0.39, 0.29) is 5.57 Å². The van der Waals surface area contributed by atoms with Crippen LogP contribution in [0.1, 0.15) is 0 Å². The number of rotatable bonds is 1. The van der Waals surface area contributed by atoms with Gasteiger partial charge in [0.05, 0.1) is 5.57 Å². The van der Waals surface area contributed by atoms with Crippen LogP contribution in [0.25, 0.3) is 0 Å². The lowest BCUT2D eigenvalue weighted by Crippen LogP contribution is -2.48. The monoisotopic (exact) mass is 156 g/mol. The van der Waals surface area contributed by atoms with Gasteiger partial charge in [-0.3, -0.25) is 9.59 Å². The van der Waals surface area contributed by atoms with Gasteiger partial charge in [0.15, 0.2) is 6.29 Å². The van der Waals surface area contributed by atoms with Crippen molar-refractivity contribution in [2.75, 3.05) is 7.05 Å². The molecule has 0 aromatic carbocycles. The first-order valence-electron chi connectivity index (χ1n) is 3.03. The minimum atomic E-state index is -1.04. The van der Waals surface area contributed by atoms with E-state index in [0.29, 0.717) is 6.29 Å². The molecule has 0 aromatic heterocycles. The Kier molecular flexibility index (Phi) is 1.91. The van der Waals surface area contributed by atoms with Crippen LogP contribution < -0.4 is 5.32 Å². The maximum absolute atomic E-state index is 10.8. The number of hydrogen-bond donors (Lipinski definition) is 2. The van der Waals surface area contributed by atoms with Crippen LogP contribution in [0.4, 0.5) is 0 Å². The minimum absolute atomic E-state index is 0.0119. The van der Waals surface area contributed by atoms with Crippen molar-refractivity contribution >= 4 is 12.2 Å². The third-order valence-electron chi connectivity index (χ3n) is 1.38. The highest BCUT2D eigenvalue weighted by atomic mass is 16.3. The fraction of sp³-hybridized carbons (Fsp3) is 0.333. The number of nitrogens with one attached hydrogen (secondary N) is 1. The molecule has 1 heterocycles. The second-order valence-corrected chi connectivity index (χ2v) is 2.21. The zero-order chi connectivity index (χ0) is 8.43. The molecule has 5 nitrogen and oxygen atoms in total. The van der Waals surface area contributed by atoms with Crippen molar-refractivity contribution in [2.45, 2.75) is 6.35 Å². The lowest BCUT2D eigenvalue weighted by molar-refractivity contribution is -0.126. The Labute approximate surface area is 63.3 Å². The van der Waals surface area contributed by atoms with Crippen molar-refractivity contribution in [3.63, 3.8) is 0 Å². The number of aldehydes is 1. The SMILES string of the molecule is CN1C=C(C=O)C(=O)NC1O. The second kappa shape index (κ2) is 2.71. The Bertz CT molecular complexity index is 224. The summed E-state index contributed by atoms with van der Waals surface area (Å²) in [6.45, 7) is 0. The molecule has 0 aliphatic carbocycles. The fourth-order valence-electron chi connectivity index (χ4n) is 0.735. The molecule has 0 saturated heterocycles. The van der Waals surface area contributed by atoms with Crippen molar-refractivity contribution in [3.05, 3.63) is 11.8 Å². The first kappa shape index (κ1) is 7.74. The zero-order valence-corrected chi connectivity index (χ0v) is 5.94. The molecule has 11 heavy (non-hydrogen) atoms. The van der Waals surface area contributed by atoms with Crippen LogP contribution in [0.3, 0.4) is 0 Å². The summed E-state index contributed by atoms with van der Waals surface area (Å²) >= 11 is 0. The molecule has 0 radical (unpaired) electrons. The summed E-state index contributed by atoms with van der Waals surface area (Å²) in [7, 11) is 1.55. The summed E-state index contributed by atoms with van der Waals surface area (Å²) in [6.07, 6.45) is 0.694. The third-order valence-corrected chi connectivity index (χ3v) is 1.38. The zero-order valence-electron chi connectivity index (χ0n) is 5.94. The molecular formula is C6H8N2O3. The van der Waals surface area contributed by atoms with Gasteiger partial charge < -0.3 is 15.3 Å². The number of carbonyl (C=O) groups is 2. The first-order valence-corrected chi connectivity index (χ1v) is 3.03. The van der Waals surface area contributed by atoms with Crippen molar-refractivity contribution in [1.82, 2.24) is 10.2 Å². The van der Waals surface area contributed by atoms with Gasteiger partial charge in [-0.1, -0.05) is 0 Å². The molecule has 1 unspecified atom stereocenters. The molecule has 0 saturated carbocycles. The van der Waals surface area contributed by atoms with Crippen molar-refractivity contribution < 1.29 is 14.7 Å². The topological polar surface area (TPSA) is 69.6 Å². The number of aliphatic hydroxyl groups is 1. The molecule has 1 aliphatic heterocycles. The molecule has 2 N–H and O–H groups in total. The predicted octanol–water partition coefficient (Wildman–Crippen LogP) is -1.59. The van der Waals surface area contributed by atoms with Gasteiger partial charge in [-0.15, -0.1) is 0 Å². The quantitative estimate of drug-likeness (QED) is 0.354. The molecule has 60 valence electrons. The average Bonchev–Trinajstić information content (AvgIpc) is 1.97. The molecule has 1 rings (SSSR count). The molecule has 1 atom stereocenters. The van der Waals surface area contributed by atoms with Crippen LogP contribution in [-0.2, 0) is 9.59 Å². The van der Waals surface area contributed by atoms with Gasteiger partial charge in [-0.2, -0.15) is 0 Å². The van der Waals surface area contributed by atoms with Gasteiger partial charge in [-0.05, 0) is 0 Å². The van der Waals surface area contributed by atoms with E-state index in [1.807, 2.05) is 0 Å². The highest BCUT2D eigenvalue weighted by Crippen LogP contribution is 2.02. The minimum Gasteiger partial charge on any atom is -0.356 e. The molecular weight excluding hydrogens is 148 g/mol. The molecule has 0 aromatic rings. The molecule has 5 heteroatoms. The van der Waals surface area contributed by atoms with E-state index in [1.54, 1.807) is 7.05 Å². The fourth-order valence-corrected chi connectivity index (χ4v) is 0.735. The first-order chi connectivity index (χ1) is 5.15. The van der Waals surface area contributed by atoms with E-state index in [1.165, 1.54) is 11.1 Å². The van der Waals surface area contributed by atoms with E-state index >= 15 is 0 Å². The molecule has 1 amide bonds. The largest absolute Gasteiger partial charge is 0.356 e. The summed E-state index contributed by atoms with van der Waals surface area (Å²) in [5.41, 5.74) is 0.0119. The Morgan fingerprint density at radius 2 is 2.45 bits per heavy atom. The summed E-state index contributed by atoms with van der Waals surface area (Å²) < 4.78 is 0. The summed E-state index contributed by atoms with van der Waals surface area (Å²) in [4.78, 5) is 22.3. The van der Waals surface area contributed by atoms with Gasteiger partial charge in [0, 0.05) is 13.2 Å². The van der Waals surface area contributed by atoms with Gasteiger partial charge in [0.25, 0.3) is 5.91 Å². The molecule has 1 aliphatic rings. The Hall–Kier alpha value is -1.36. The maximum Gasteiger partial charge on any atom is 0.259 e. The Morgan fingerprint density at radius 1 is 1.82 bits per heavy atom. The summed E-state index contributed by atoms with van der Waals surface area (Å²) in [5, 5.41) is 11.2. The van der Waals surface area contributed by atoms with E-state index < -0.39 is 12.3 Å². The number of amides is 1. The Morgan fingerprint density at radius 3 is 3.00 bits per heavy atom. The normalized spacial score (nSPS) is 24.2. The average molecular weight is 156 g/mol. The van der Waals surface area contributed by atoms with Crippen LogP contribution in [0.5, 0.6) is 0 Å². The highest BCUT2D eigenvalue weighted by Gasteiger charge is 2.21. The van der Waals surface area contributed by atoms with Crippen molar-refractivity contribution in [3.8, 4) is 0 Å². The molecule has 0 bridgehead atoms. The van der Waals surface area contributed by atoms with Crippen molar-refractivity contribution in [2.24, 2.45) is 0 Å². The third kappa shape index (κ3) is 1.38. The predicted molar refractivity (Wildman–Crippen MR) is 36.1 cm³/mol. The number of hydrogen-bond acceptors (Lipinski definition) is 4. The number of carbonyl (C=O) groups excluding carboxylic acids is 2. The van der Waals surface area contributed by atoms with Crippen LogP contribution >= 0.6 is 0 Å². The number of aliphatic hydroxyl groups excluding tert-OH is 1. The standard InChI is InChI=1S/C6H8N2O3/c1-8-2-4(3-9)5(10)7-6(8)11/h2-3,6,11H,1H3,(H,7,10). The Balaban J connectivity index is 2.87. The molecule has 0 fully saturated rings. The van der Waals surface area contributed by atoms with Crippen LogP contribution in [0.2, 0.25) is 0 Å². The van der Waals surface area contributed by atoms with E-state index in [2.05, 4.69) is 5.32 Å². The molecule has 0 spiro atoms. The van der Waals surface area contributed by atoms with E-state index in [4.69, 9.17) is 5.11 Å². The smallest absolute Gasteiger partial charge is 0.259 e.